The van der Waals surface area contributed by atoms with Crippen LogP contribution in [0.1, 0.15) is 49.0 Å². The standard InChI is InChI=1S/C24H34N4O2/c29-22-12-14-28(18-22)17-20-7-2-1-6-19(20)16-26-24(27-21-8-3-4-9-21)25-13-11-23-10-5-15-30-23/h1-2,5-7,10,15,21-22,29H,3-4,8-9,11-14,16-18H2,(H2,25,26,27). The maximum absolute atomic E-state index is 9.82. The van der Waals surface area contributed by atoms with Crippen molar-refractivity contribution in [1.82, 2.24) is 15.5 Å². The van der Waals surface area contributed by atoms with Gasteiger partial charge in [0.15, 0.2) is 5.96 Å². The van der Waals surface area contributed by atoms with E-state index in [2.05, 4.69) is 39.8 Å². The lowest BCUT2D eigenvalue weighted by Crippen LogP contribution is -2.43. The molecule has 1 atom stereocenters. The summed E-state index contributed by atoms with van der Waals surface area (Å²) in [6.07, 6.45) is 8.26. The first-order chi connectivity index (χ1) is 14.8. The Morgan fingerprint density at radius 2 is 1.93 bits per heavy atom. The van der Waals surface area contributed by atoms with E-state index >= 15 is 0 Å². The molecule has 30 heavy (non-hydrogen) atoms. The van der Waals surface area contributed by atoms with Crippen LogP contribution in [0.3, 0.4) is 0 Å². The molecule has 1 aromatic carbocycles. The molecule has 2 fully saturated rings. The number of nitrogens with one attached hydrogen (secondary N) is 2. The molecule has 0 amide bonds. The number of rotatable bonds is 8. The monoisotopic (exact) mass is 410 g/mol. The van der Waals surface area contributed by atoms with Gasteiger partial charge in [-0.3, -0.25) is 4.90 Å². The number of hydrogen-bond acceptors (Lipinski definition) is 4. The van der Waals surface area contributed by atoms with Gasteiger partial charge in [-0.2, -0.15) is 0 Å². The van der Waals surface area contributed by atoms with Gasteiger partial charge in [-0.15, -0.1) is 0 Å². The molecule has 1 aromatic heterocycles. The minimum atomic E-state index is -0.184. The largest absolute Gasteiger partial charge is 0.469 e. The molecular formula is C24H34N4O2. The van der Waals surface area contributed by atoms with Gasteiger partial charge < -0.3 is 20.2 Å². The van der Waals surface area contributed by atoms with E-state index in [9.17, 15) is 5.11 Å². The Hall–Kier alpha value is -2.31. The number of aliphatic hydroxyl groups is 1. The average Bonchev–Trinajstić information content (AvgIpc) is 3.51. The van der Waals surface area contributed by atoms with Gasteiger partial charge in [-0.25, -0.2) is 4.99 Å². The fraction of sp³-hybridized carbons (Fsp3) is 0.542. The summed E-state index contributed by atoms with van der Waals surface area (Å²) in [5, 5.41) is 16.9. The molecular weight excluding hydrogens is 376 g/mol. The lowest BCUT2D eigenvalue weighted by atomic mass is 10.1. The van der Waals surface area contributed by atoms with Gasteiger partial charge in [-0.05, 0) is 42.5 Å². The molecule has 1 unspecified atom stereocenters. The molecule has 4 rings (SSSR count). The molecule has 1 saturated carbocycles. The molecule has 6 heteroatoms. The molecule has 2 aliphatic rings. The molecule has 0 bridgehead atoms. The molecule has 1 aliphatic carbocycles. The molecule has 0 radical (unpaired) electrons. The summed E-state index contributed by atoms with van der Waals surface area (Å²) in [4.78, 5) is 7.25. The number of β-amino-alcohol motifs (C(OH)–C–C–N with tert-alkyl or cyclic N) is 1. The SMILES string of the molecule is OC1CCN(Cc2ccccc2CN=C(NCCc2ccco2)NC2CCCC2)C1. The van der Waals surface area contributed by atoms with Crippen LogP contribution >= 0.6 is 0 Å². The van der Waals surface area contributed by atoms with E-state index < -0.39 is 0 Å². The second kappa shape index (κ2) is 10.6. The number of guanidine groups is 1. The first kappa shape index (κ1) is 20.9. The van der Waals surface area contributed by atoms with E-state index in [0.29, 0.717) is 12.6 Å². The summed E-state index contributed by atoms with van der Waals surface area (Å²) in [6.45, 7) is 4.04. The number of nitrogens with zero attached hydrogens (tertiary/aromatic N) is 2. The Bertz CT molecular complexity index is 799. The average molecular weight is 411 g/mol. The number of likely N-dealkylation sites (tertiary alicyclic amines) is 1. The quantitative estimate of drug-likeness (QED) is 0.461. The fourth-order valence-corrected chi connectivity index (χ4v) is 4.40. The number of benzene rings is 1. The third-order valence-corrected chi connectivity index (χ3v) is 6.11. The van der Waals surface area contributed by atoms with Crippen molar-refractivity contribution in [3.63, 3.8) is 0 Å². The number of aliphatic hydroxyl groups excluding tert-OH is 1. The first-order valence-corrected chi connectivity index (χ1v) is 11.3. The number of aliphatic imine (C=N–C) groups is 1. The van der Waals surface area contributed by atoms with Crippen LogP contribution in [0.5, 0.6) is 0 Å². The topological polar surface area (TPSA) is 73.0 Å². The minimum absolute atomic E-state index is 0.184. The maximum atomic E-state index is 9.82. The maximum Gasteiger partial charge on any atom is 0.191 e. The second-order valence-electron chi connectivity index (χ2n) is 8.49. The zero-order valence-electron chi connectivity index (χ0n) is 17.7. The Labute approximate surface area is 179 Å². The summed E-state index contributed by atoms with van der Waals surface area (Å²) >= 11 is 0. The third kappa shape index (κ3) is 6.09. The van der Waals surface area contributed by atoms with Gasteiger partial charge in [-0.1, -0.05) is 37.1 Å². The van der Waals surface area contributed by atoms with Gasteiger partial charge >= 0.3 is 0 Å². The van der Waals surface area contributed by atoms with E-state index in [0.717, 1.165) is 50.7 Å². The Morgan fingerprint density at radius 3 is 2.67 bits per heavy atom. The van der Waals surface area contributed by atoms with Crippen molar-refractivity contribution in [2.45, 2.75) is 63.8 Å². The van der Waals surface area contributed by atoms with Gasteiger partial charge in [0.2, 0.25) is 0 Å². The van der Waals surface area contributed by atoms with Gasteiger partial charge in [0.1, 0.15) is 5.76 Å². The highest BCUT2D eigenvalue weighted by Crippen LogP contribution is 2.19. The van der Waals surface area contributed by atoms with Crippen LogP contribution in [0.15, 0.2) is 52.1 Å². The lowest BCUT2D eigenvalue weighted by Gasteiger charge is -2.19. The van der Waals surface area contributed by atoms with Crippen molar-refractivity contribution in [2.24, 2.45) is 4.99 Å². The summed E-state index contributed by atoms with van der Waals surface area (Å²) in [7, 11) is 0. The minimum Gasteiger partial charge on any atom is -0.469 e. The van der Waals surface area contributed by atoms with E-state index in [1.54, 1.807) is 6.26 Å². The molecule has 2 heterocycles. The van der Waals surface area contributed by atoms with Crippen LogP contribution in [0.4, 0.5) is 0 Å². The molecule has 2 aromatic rings. The second-order valence-corrected chi connectivity index (χ2v) is 8.49. The Kier molecular flexibility index (Phi) is 7.43. The van der Waals surface area contributed by atoms with E-state index in [4.69, 9.17) is 9.41 Å². The van der Waals surface area contributed by atoms with Crippen molar-refractivity contribution in [3.8, 4) is 0 Å². The highest BCUT2D eigenvalue weighted by molar-refractivity contribution is 5.80. The third-order valence-electron chi connectivity index (χ3n) is 6.11. The van der Waals surface area contributed by atoms with Crippen LogP contribution in [0.25, 0.3) is 0 Å². The van der Waals surface area contributed by atoms with E-state index in [-0.39, 0.29) is 6.10 Å². The van der Waals surface area contributed by atoms with Crippen molar-refractivity contribution < 1.29 is 9.52 Å². The van der Waals surface area contributed by atoms with Crippen molar-refractivity contribution in [3.05, 3.63) is 59.5 Å². The van der Waals surface area contributed by atoms with E-state index in [1.807, 2.05) is 12.1 Å². The van der Waals surface area contributed by atoms with Gasteiger partial charge in [0, 0.05) is 38.6 Å². The van der Waals surface area contributed by atoms with Crippen LogP contribution < -0.4 is 10.6 Å². The summed E-state index contributed by atoms with van der Waals surface area (Å²) in [5.41, 5.74) is 2.54. The molecule has 1 aliphatic heterocycles. The Morgan fingerprint density at radius 1 is 1.10 bits per heavy atom. The van der Waals surface area contributed by atoms with E-state index in [1.165, 1.54) is 36.8 Å². The fourth-order valence-electron chi connectivity index (χ4n) is 4.40. The normalized spacial score (nSPS) is 20.7. The predicted molar refractivity (Wildman–Crippen MR) is 119 cm³/mol. The predicted octanol–water partition coefficient (Wildman–Crippen LogP) is 3.07. The summed E-state index contributed by atoms with van der Waals surface area (Å²) in [6, 6.07) is 13.0. The van der Waals surface area contributed by atoms with Crippen molar-refractivity contribution in [2.75, 3.05) is 19.6 Å². The number of furan rings is 1. The highest BCUT2D eigenvalue weighted by Gasteiger charge is 2.21. The van der Waals surface area contributed by atoms with Crippen LogP contribution in [0.2, 0.25) is 0 Å². The smallest absolute Gasteiger partial charge is 0.191 e. The molecule has 0 spiro atoms. The zero-order valence-corrected chi connectivity index (χ0v) is 17.7. The lowest BCUT2D eigenvalue weighted by molar-refractivity contribution is 0.174. The first-order valence-electron chi connectivity index (χ1n) is 11.3. The van der Waals surface area contributed by atoms with Crippen molar-refractivity contribution in [1.29, 1.82) is 0 Å². The Balaban J connectivity index is 1.39. The zero-order chi connectivity index (χ0) is 20.6. The van der Waals surface area contributed by atoms with Crippen LogP contribution in [-0.2, 0) is 19.5 Å². The molecule has 1 saturated heterocycles. The van der Waals surface area contributed by atoms with Crippen LogP contribution in [-0.4, -0.2) is 47.7 Å². The highest BCUT2D eigenvalue weighted by atomic mass is 16.3. The summed E-state index contributed by atoms with van der Waals surface area (Å²) in [5.74, 6) is 1.88. The van der Waals surface area contributed by atoms with Gasteiger partial charge in [0.05, 0.1) is 18.9 Å². The molecule has 6 nitrogen and oxygen atoms in total. The van der Waals surface area contributed by atoms with Gasteiger partial charge in [0.25, 0.3) is 0 Å². The number of hydrogen-bond donors (Lipinski definition) is 3. The van der Waals surface area contributed by atoms with Crippen LogP contribution in [0, 0.1) is 0 Å². The molecule has 162 valence electrons. The van der Waals surface area contributed by atoms with Crippen molar-refractivity contribution >= 4 is 5.96 Å². The summed E-state index contributed by atoms with van der Waals surface area (Å²) < 4.78 is 5.44. The molecule has 3 N–H and O–H groups in total.